The number of hydrogen-bond acceptors (Lipinski definition) is 4. The monoisotopic (exact) mass is 231 g/mol. The van der Waals surface area contributed by atoms with E-state index in [4.69, 9.17) is 0 Å². The third kappa shape index (κ3) is 0.906. The van der Waals surface area contributed by atoms with Crippen molar-refractivity contribution in [3.8, 4) is 0 Å². The molecule has 2 aliphatic carbocycles. The van der Waals surface area contributed by atoms with Crippen molar-refractivity contribution in [2.24, 2.45) is 11.3 Å². The van der Waals surface area contributed by atoms with Crippen molar-refractivity contribution in [2.75, 3.05) is 0 Å². The molecular weight excluding hydrogens is 222 g/mol. The normalized spacial score (nSPS) is 28.3. The fourth-order valence-electron chi connectivity index (χ4n) is 3.00. The first-order chi connectivity index (χ1) is 8.02. The molecule has 5 heteroatoms. The van der Waals surface area contributed by atoms with Gasteiger partial charge < -0.3 is 0 Å². The van der Waals surface area contributed by atoms with E-state index in [2.05, 4.69) is 0 Å². The second-order valence-corrected chi connectivity index (χ2v) is 4.59. The average Bonchev–Trinajstić information content (AvgIpc) is 2.88. The number of hydrogen-bond donors (Lipinski definition) is 0. The Labute approximate surface area is 96.6 Å². The quantitative estimate of drug-likeness (QED) is 0.415. The lowest BCUT2D eigenvalue weighted by Gasteiger charge is -2.00. The molecule has 1 aromatic carbocycles. The van der Waals surface area contributed by atoms with E-state index >= 15 is 0 Å². The smallest absolute Gasteiger partial charge is 0.238 e. The maximum Gasteiger partial charge on any atom is 0.238 e. The summed E-state index contributed by atoms with van der Waals surface area (Å²) in [6.07, 6.45) is 0. The van der Waals surface area contributed by atoms with Gasteiger partial charge in [0.1, 0.15) is 0 Å². The van der Waals surface area contributed by atoms with E-state index in [1.54, 1.807) is 31.2 Å². The van der Waals surface area contributed by atoms with E-state index in [9.17, 15) is 19.7 Å². The van der Waals surface area contributed by atoms with Gasteiger partial charge in [0, 0.05) is 16.1 Å². The topological polar surface area (TPSA) is 77.3 Å². The van der Waals surface area contributed by atoms with Crippen LogP contribution >= 0.6 is 0 Å². The fraction of sp³-hybridized carbons (Fsp3) is 0.333. The van der Waals surface area contributed by atoms with Gasteiger partial charge in [0.25, 0.3) is 0 Å². The summed E-state index contributed by atoms with van der Waals surface area (Å²) >= 11 is 0. The Morgan fingerprint density at radius 1 is 1.18 bits per heavy atom. The number of Topliss-reactive ketones (excluding diaryl/α,β-unsaturated/α-hetero) is 2. The van der Waals surface area contributed by atoms with E-state index < -0.39 is 22.3 Å². The van der Waals surface area contributed by atoms with Crippen LogP contribution in [0.25, 0.3) is 0 Å². The predicted molar refractivity (Wildman–Crippen MR) is 57.5 cm³/mol. The molecule has 86 valence electrons. The molecule has 0 N–H and O–H groups in total. The molecule has 1 fully saturated rings. The van der Waals surface area contributed by atoms with E-state index in [1.807, 2.05) is 0 Å². The average molecular weight is 231 g/mol. The fourth-order valence-corrected chi connectivity index (χ4v) is 3.00. The summed E-state index contributed by atoms with van der Waals surface area (Å²) in [5.74, 6) is -1.27. The number of rotatable bonds is 1. The van der Waals surface area contributed by atoms with Crippen LogP contribution < -0.4 is 0 Å². The minimum atomic E-state index is -1.41. The summed E-state index contributed by atoms with van der Waals surface area (Å²) in [5.41, 5.74) is -0.755. The minimum absolute atomic E-state index is 0.328. The highest BCUT2D eigenvalue weighted by Crippen LogP contribution is 2.61. The minimum Gasteiger partial charge on any atom is -0.293 e. The Hall–Kier alpha value is -2.04. The third-order valence-corrected chi connectivity index (χ3v) is 3.94. The second-order valence-electron chi connectivity index (χ2n) is 4.59. The summed E-state index contributed by atoms with van der Waals surface area (Å²) in [6, 6.07) is 5.39. The highest BCUT2D eigenvalue weighted by Gasteiger charge is 2.82. The first-order valence-corrected chi connectivity index (χ1v) is 5.35. The lowest BCUT2D eigenvalue weighted by molar-refractivity contribution is -0.501. The Bertz CT molecular complexity index is 543. The molecule has 0 radical (unpaired) electrons. The standard InChI is InChI=1S/C12H9NO4/c1-6-9(13(16)17)12(6)10(14)7-4-2-3-5-8(7)11(12)15/h2-6,9H,1H3/t6-,9-/m1/s1. The van der Waals surface area contributed by atoms with Gasteiger partial charge in [0.05, 0.1) is 5.92 Å². The van der Waals surface area contributed by atoms with Gasteiger partial charge in [-0.05, 0) is 0 Å². The molecule has 17 heavy (non-hydrogen) atoms. The van der Waals surface area contributed by atoms with Gasteiger partial charge in [0.2, 0.25) is 6.04 Å². The van der Waals surface area contributed by atoms with Gasteiger partial charge in [-0.3, -0.25) is 19.7 Å². The maximum atomic E-state index is 12.2. The summed E-state index contributed by atoms with van der Waals surface area (Å²) in [4.78, 5) is 34.8. The number of nitro groups is 1. The molecule has 0 unspecified atom stereocenters. The molecule has 0 saturated heterocycles. The molecule has 0 bridgehead atoms. The number of benzene rings is 1. The molecular formula is C12H9NO4. The molecule has 0 amide bonds. The van der Waals surface area contributed by atoms with Gasteiger partial charge in [-0.15, -0.1) is 0 Å². The van der Waals surface area contributed by atoms with Crippen molar-refractivity contribution < 1.29 is 14.5 Å². The zero-order valence-corrected chi connectivity index (χ0v) is 9.04. The largest absolute Gasteiger partial charge is 0.293 e. The number of carbonyl (C=O) groups excluding carboxylic acids is 2. The van der Waals surface area contributed by atoms with Crippen LogP contribution in [0, 0.1) is 21.4 Å². The van der Waals surface area contributed by atoms with Gasteiger partial charge in [-0.1, -0.05) is 31.2 Å². The van der Waals surface area contributed by atoms with E-state index in [0.717, 1.165) is 0 Å². The van der Waals surface area contributed by atoms with Crippen molar-refractivity contribution in [3.05, 3.63) is 45.5 Å². The van der Waals surface area contributed by atoms with E-state index in [0.29, 0.717) is 11.1 Å². The highest BCUT2D eigenvalue weighted by atomic mass is 16.6. The second kappa shape index (κ2) is 2.80. The molecule has 3 rings (SSSR count). The van der Waals surface area contributed by atoms with Crippen molar-refractivity contribution >= 4 is 11.6 Å². The highest BCUT2D eigenvalue weighted by molar-refractivity contribution is 6.32. The summed E-state index contributed by atoms with van der Waals surface area (Å²) in [6.45, 7) is 1.59. The number of fused-ring (bicyclic) bond motifs is 1. The Morgan fingerprint density at radius 3 is 2.00 bits per heavy atom. The van der Waals surface area contributed by atoms with E-state index in [-0.39, 0.29) is 11.6 Å². The van der Waals surface area contributed by atoms with Crippen LogP contribution in [0.4, 0.5) is 0 Å². The van der Waals surface area contributed by atoms with E-state index in [1.165, 1.54) is 0 Å². The van der Waals surface area contributed by atoms with Gasteiger partial charge in [-0.2, -0.15) is 0 Å². The molecule has 0 aromatic heterocycles. The van der Waals surface area contributed by atoms with Crippen LogP contribution in [-0.2, 0) is 0 Å². The number of ketones is 2. The molecule has 2 aliphatic rings. The van der Waals surface area contributed by atoms with Crippen LogP contribution in [0.2, 0.25) is 0 Å². The van der Waals surface area contributed by atoms with Gasteiger partial charge >= 0.3 is 0 Å². The lowest BCUT2D eigenvalue weighted by atomic mass is 9.97. The van der Waals surface area contributed by atoms with Gasteiger partial charge in [0.15, 0.2) is 17.0 Å². The zero-order chi connectivity index (χ0) is 12.4. The number of nitrogens with zero attached hydrogens (tertiary/aromatic N) is 1. The first kappa shape index (κ1) is 10.1. The van der Waals surface area contributed by atoms with Crippen LogP contribution in [0.15, 0.2) is 24.3 Å². The molecule has 1 spiro atoms. The summed E-state index contributed by atoms with van der Waals surface area (Å²) in [7, 11) is 0. The van der Waals surface area contributed by atoms with Crippen LogP contribution in [-0.4, -0.2) is 22.5 Å². The molecule has 1 aromatic rings. The predicted octanol–water partition coefficient (Wildman–Crippen LogP) is 1.35. The summed E-state index contributed by atoms with van der Waals surface area (Å²) in [5, 5.41) is 10.9. The third-order valence-electron chi connectivity index (χ3n) is 3.94. The molecule has 2 atom stereocenters. The molecule has 5 nitrogen and oxygen atoms in total. The molecule has 1 saturated carbocycles. The van der Waals surface area contributed by atoms with Crippen LogP contribution in [0.1, 0.15) is 27.6 Å². The van der Waals surface area contributed by atoms with Crippen molar-refractivity contribution in [3.63, 3.8) is 0 Å². The molecule has 0 aliphatic heterocycles. The maximum absolute atomic E-state index is 12.2. The SMILES string of the molecule is C[C@@H]1[C@@H]([N+](=O)[O-])C12C(=O)c1ccccc1C2=O. The van der Waals surface area contributed by atoms with Crippen molar-refractivity contribution in [1.29, 1.82) is 0 Å². The molecule has 0 heterocycles. The Morgan fingerprint density at radius 2 is 1.65 bits per heavy atom. The zero-order valence-electron chi connectivity index (χ0n) is 9.04. The van der Waals surface area contributed by atoms with Crippen molar-refractivity contribution in [1.82, 2.24) is 0 Å². The van der Waals surface area contributed by atoms with Crippen LogP contribution in [0.3, 0.4) is 0 Å². The summed E-state index contributed by atoms with van der Waals surface area (Å²) < 4.78 is 0. The van der Waals surface area contributed by atoms with Crippen LogP contribution in [0.5, 0.6) is 0 Å². The Balaban J connectivity index is 2.18. The Kier molecular flexibility index (Phi) is 1.67. The lowest BCUT2D eigenvalue weighted by Crippen LogP contribution is -2.25. The first-order valence-electron chi connectivity index (χ1n) is 5.35. The van der Waals surface area contributed by atoms with Gasteiger partial charge in [-0.25, -0.2) is 0 Å². The van der Waals surface area contributed by atoms with Crippen molar-refractivity contribution in [2.45, 2.75) is 13.0 Å². The number of carbonyl (C=O) groups is 2.